The van der Waals surface area contributed by atoms with Gasteiger partial charge in [-0.2, -0.15) is 0 Å². The fourth-order valence-electron chi connectivity index (χ4n) is 6.11. The molecule has 5 nitrogen and oxygen atoms in total. The molecule has 0 spiro atoms. The van der Waals surface area contributed by atoms with E-state index in [1.807, 2.05) is 60.7 Å². The minimum Gasteiger partial charge on any atom is -0.497 e. The molecular formula is C40H36O5. The molecule has 5 heteroatoms. The van der Waals surface area contributed by atoms with Crippen LogP contribution in [0.5, 0.6) is 28.7 Å². The molecule has 0 aliphatic heterocycles. The van der Waals surface area contributed by atoms with E-state index >= 15 is 0 Å². The number of rotatable bonds is 10. The molecule has 0 amide bonds. The third-order valence-electron chi connectivity index (χ3n) is 8.37. The van der Waals surface area contributed by atoms with Crippen LogP contribution in [0.1, 0.15) is 33.7 Å². The fourth-order valence-corrected chi connectivity index (χ4v) is 6.11. The van der Waals surface area contributed by atoms with Gasteiger partial charge in [-0.1, -0.05) is 60.7 Å². The van der Waals surface area contributed by atoms with E-state index in [2.05, 4.69) is 60.7 Å². The van der Waals surface area contributed by atoms with Gasteiger partial charge in [-0.05, 0) is 111 Å². The lowest BCUT2D eigenvalue weighted by Crippen LogP contribution is -2.04. The molecule has 5 aromatic carbocycles. The van der Waals surface area contributed by atoms with Gasteiger partial charge in [0.05, 0.1) is 35.5 Å². The second kappa shape index (κ2) is 13.1. The van der Waals surface area contributed by atoms with Crippen LogP contribution in [0.25, 0.3) is 22.3 Å². The minimum absolute atomic E-state index is 0.105. The van der Waals surface area contributed by atoms with Crippen molar-refractivity contribution in [2.24, 2.45) is 0 Å². The summed E-state index contributed by atoms with van der Waals surface area (Å²) in [7, 11) is 8.46. The van der Waals surface area contributed by atoms with Gasteiger partial charge in [0.25, 0.3) is 0 Å². The Hall–Kier alpha value is -5.42. The molecular weight excluding hydrogens is 560 g/mol. The van der Waals surface area contributed by atoms with Gasteiger partial charge >= 0.3 is 0 Å². The first-order valence-electron chi connectivity index (χ1n) is 14.8. The minimum atomic E-state index is -0.105. The molecule has 1 aliphatic carbocycles. The molecule has 0 N–H and O–H groups in total. The van der Waals surface area contributed by atoms with Crippen LogP contribution in [0.2, 0.25) is 0 Å². The van der Waals surface area contributed by atoms with E-state index in [1.165, 1.54) is 11.1 Å². The largest absolute Gasteiger partial charge is 0.497 e. The number of ether oxygens (including phenoxy) is 5. The topological polar surface area (TPSA) is 46.2 Å². The Bertz CT molecular complexity index is 1700. The van der Waals surface area contributed by atoms with Gasteiger partial charge in [0.15, 0.2) is 0 Å². The Kier molecular flexibility index (Phi) is 8.61. The molecule has 226 valence electrons. The summed E-state index contributed by atoms with van der Waals surface area (Å²) in [6.07, 6.45) is 0. The van der Waals surface area contributed by atoms with Crippen LogP contribution < -0.4 is 23.7 Å². The number of allylic oxidation sites excluding steroid dienone is 4. The van der Waals surface area contributed by atoms with Gasteiger partial charge < -0.3 is 23.7 Å². The zero-order valence-electron chi connectivity index (χ0n) is 26.2. The van der Waals surface area contributed by atoms with Crippen molar-refractivity contribution in [3.05, 3.63) is 149 Å². The summed E-state index contributed by atoms with van der Waals surface area (Å²) >= 11 is 0. The van der Waals surface area contributed by atoms with Gasteiger partial charge in [-0.15, -0.1) is 0 Å². The Morgan fingerprint density at radius 2 is 0.556 bits per heavy atom. The quantitative estimate of drug-likeness (QED) is 0.161. The van der Waals surface area contributed by atoms with Crippen molar-refractivity contribution >= 4 is 22.3 Å². The van der Waals surface area contributed by atoms with Crippen molar-refractivity contribution in [3.8, 4) is 28.7 Å². The number of hydrogen-bond acceptors (Lipinski definition) is 5. The predicted molar refractivity (Wildman–Crippen MR) is 181 cm³/mol. The first-order chi connectivity index (χ1) is 22.1. The predicted octanol–water partition coefficient (Wildman–Crippen LogP) is 9.05. The van der Waals surface area contributed by atoms with Crippen LogP contribution in [0, 0.1) is 0 Å². The van der Waals surface area contributed by atoms with Gasteiger partial charge in [-0.25, -0.2) is 0 Å². The van der Waals surface area contributed by atoms with Crippen LogP contribution in [0.15, 0.2) is 121 Å². The van der Waals surface area contributed by atoms with Gasteiger partial charge in [0, 0.05) is 5.92 Å². The molecule has 5 aromatic rings. The third kappa shape index (κ3) is 5.77. The summed E-state index contributed by atoms with van der Waals surface area (Å²) < 4.78 is 27.8. The highest BCUT2D eigenvalue weighted by atomic mass is 16.5. The molecule has 45 heavy (non-hydrogen) atoms. The molecule has 0 heterocycles. The highest BCUT2D eigenvalue weighted by Gasteiger charge is 2.37. The van der Waals surface area contributed by atoms with Crippen LogP contribution in [0.3, 0.4) is 0 Å². The zero-order chi connectivity index (χ0) is 31.3. The average Bonchev–Trinajstić information content (AvgIpc) is 3.47. The standard InChI is InChI=1S/C40H36O5/c1-41-31-16-6-26(7-17-31)36-37(27-8-18-32(42-2)19-9-27)39(29-12-22-34(44-4)23-13-29)40(30-14-24-35(45-5)25-15-30)38(36)28-10-20-33(43-3)21-11-28/h6-25,36H,1-5H3. The van der Waals surface area contributed by atoms with E-state index in [-0.39, 0.29) is 5.92 Å². The second-order valence-corrected chi connectivity index (χ2v) is 10.7. The highest BCUT2D eigenvalue weighted by molar-refractivity contribution is 6.29. The highest BCUT2D eigenvalue weighted by Crippen LogP contribution is 2.59. The van der Waals surface area contributed by atoms with E-state index in [0.29, 0.717) is 0 Å². The van der Waals surface area contributed by atoms with Gasteiger partial charge in [0.2, 0.25) is 0 Å². The van der Waals surface area contributed by atoms with Crippen molar-refractivity contribution in [1.82, 2.24) is 0 Å². The molecule has 6 rings (SSSR count). The Balaban J connectivity index is 1.73. The van der Waals surface area contributed by atoms with Crippen LogP contribution >= 0.6 is 0 Å². The SMILES string of the molecule is COc1ccc(C2=C(c3ccc(OC)cc3)C(c3ccc(OC)cc3)C(c3ccc(OC)cc3)=C2c2ccc(OC)cc2)cc1. The summed E-state index contributed by atoms with van der Waals surface area (Å²) in [5, 5.41) is 0. The Labute approximate surface area is 264 Å². The van der Waals surface area contributed by atoms with Crippen molar-refractivity contribution in [3.63, 3.8) is 0 Å². The lowest BCUT2D eigenvalue weighted by molar-refractivity contribution is 0.414. The Morgan fingerprint density at radius 3 is 0.822 bits per heavy atom. The summed E-state index contributed by atoms with van der Waals surface area (Å²) in [5.41, 5.74) is 10.3. The van der Waals surface area contributed by atoms with E-state index in [1.54, 1.807) is 35.5 Å². The molecule has 0 bridgehead atoms. The zero-order valence-corrected chi connectivity index (χ0v) is 26.2. The maximum absolute atomic E-state index is 5.55. The molecule has 0 saturated carbocycles. The Morgan fingerprint density at radius 1 is 0.311 bits per heavy atom. The molecule has 0 unspecified atom stereocenters. The maximum Gasteiger partial charge on any atom is 0.118 e. The number of hydrogen-bond donors (Lipinski definition) is 0. The molecule has 0 radical (unpaired) electrons. The lowest BCUT2D eigenvalue weighted by atomic mass is 9.81. The van der Waals surface area contributed by atoms with E-state index in [4.69, 9.17) is 23.7 Å². The monoisotopic (exact) mass is 596 g/mol. The maximum atomic E-state index is 5.55. The molecule has 0 atom stereocenters. The van der Waals surface area contributed by atoms with Crippen molar-refractivity contribution in [2.45, 2.75) is 5.92 Å². The third-order valence-corrected chi connectivity index (χ3v) is 8.37. The van der Waals surface area contributed by atoms with Crippen molar-refractivity contribution < 1.29 is 23.7 Å². The fraction of sp³-hybridized carbons (Fsp3) is 0.150. The summed E-state index contributed by atoms with van der Waals surface area (Å²) in [6, 6.07) is 41.8. The molecule has 1 aliphatic rings. The molecule has 0 aromatic heterocycles. The lowest BCUT2D eigenvalue weighted by Gasteiger charge is -2.22. The molecule has 0 fully saturated rings. The smallest absolute Gasteiger partial charge is 0.118 e. The van der Waals surface area contributed by atoms with E-state index < -0.39 is 0 Å². The molecule has 0 saturated heterocycles. The number of benzene rings is 5. The van der Waals surface area contributed by atoms with Gasteiger partial charge in [-0.3, -0.25) is 0 Å². The average molecular weight is 597 g/mol. The second-order valence-electron chi connectivity index (χ2n) is 10.7. The summed E-state index contributed by atoms with van der Waals surface area (Å²) in [4.78, 5) is 0. The van der Waals surface area contributed by atoms with Crippen molar-refractivity contribution in [2.75, 3.05) is 35.5 Å². The number of methoxy groups -OCH3 is 5. The van der Waals surface area contributed by atoms with Gasteiger partial charge in [0.1, 0.15) is 28.7 Å². The van der Waals surface area contributed by atoms with Crippen LogP contribution in [-0.4, -0.2) is 35.5 Å². The van der Waals surface area contributed by atoms with E-state index in [9.17, 15) is 0 Å². The first-order valence-corrected chi connectivity index (χ1v) is 14.8. The van der Waals surface area contributed by atoms with Crippen LogP contribution in [0.4, 0.5) is 0 Å². The van der Waals surface area contributed by atoms with Crippen molar-refractivity contribution in [1.29, 1.82) is 0 Å². The first kappa shape index (κ1) is 29.6. The summed E-state index contributed by atoms with van der Waals surface area (Å²) in [6.45, 7) is 0. The van der Waals surface area contributed by atoms with E-state index in [0.717, 1.165) is 67.7 Å². The van der Waals surface area contributed by atoms with Crippen LogP contribution in [-0.2, 0) is 0 Å². The normalized spacial score (nSPS) is 13.2. The summed E-state index contributed by atoms with van der Waals surface area (Å²) in [5.74, 6) is 3.94.